The minimum absolute atomic E-state index is 0.396. The van der Waals surface area contributed by atoms with E-state index >= 15 is 0 Å². The topological polar surface area (TPSA) is 33.7 Å². The van der Waals surface area contributed by atoms with Crippen LogP contribution in [0, 0.1) is 0 Å². The molecular formula is C13H28N2O2. The second kappa shape index (κ2) is 8.03. The van der Waals surface area contributed by atoms with Gasteiger partial charge in [-0.2, -0.15) is 0 Å². The van der Waals surface area contributed by atoms with E-state index in [1.54, 1.807) is 7.11 Å². The van der Waals surface area contributed by atoms with Crippen molar-refractivity contribution in [2.24, 2.45) is 0 Å². The van der Waals surface area contributed by atoms with Gasteiger partial charge in [0.1, 0.15) is 0 Å². The third-order valence-corrected chi connectivity index (χ3v) is 3.38. The van der Waals surface area contributed by atoms with Gasteiger partial charge in [0.2, 0.25) is 0 Å². The van der Waals surface area contributed by atoms with Gasteiger partial charge < -0.3 is 14.8 Å². The molecule has 0 aromatic carbocycles. The summed E-state index contributed by atoms with van der Waals surface area (Å²) in [5.41, 5.74) is 0. The van der Waals surface area contributed by atoms with Crippen LogP contribution in [0.25, 0.3) is 0 Å². The Morgan fingerprint density at radius 2 is 2.06 bits per heavy atom. The summed E-state index contributed by atoms with van der Waals surface area (Å²) in [5, 5.41) is 3.18. The number of ether oxygens (including phenoxy) is 2. The average Bonchev–Trinajstić information content (AvgIpc) is 2.72. The van der Waals surface area contributed by atoms with Gasteiger partial charge in [0.05, 0.1) is 18.8 Å². The number of hydrogen-bond donors (Lipinski definition) is 1. The quantitative estimate of drug-likeness (QED) is 0.693. The fourth-order valence-electron chi connectivity index (χ4n) is 2.32. The minimum Gasteiger partial charge on any atom is -0.383 e. The normalized spacial score (nSPS) is 25.1. The lowest BCUT2D eigenvalue weighted by Crippen LogP contribution is -2.40. The second-order valence-electron chi connectivity index (χ2n) is 5.10. The summed E-state index contributed by atoms with van der Waals surface area (Å²) in [7, 11) is 3.74. The van der Waals surface area contributed by atoms with Gasteiger partial charge in [0, 0.05) is 32.8 Å². The summed E-state index contributed by atoms with van der Waals surface area (Å²) in [6.45, 7) is 8.25. The van der Waals surface area contributed by atoms with Crippen LogP contribution in [0.2, 0.25) is 0 Å². The molecular weight excluding hydrogens is 216 g/mol. The van der Waals surface area contributed by atoms with E-state index in [4.69, 9.17) is 9.47 Å². The summed E-state index contributed by atoms with van der Waals surface area (Å²) in [4.78, 5) is 2.44. The highest BCUT2D eigenvalue weighted by Crippen LogP contribution is 2.20. The van der Waals surface area contributed by atoms with Gasteiger partial charge in [-0.3, -0.25) is 4.90 Å². The van der Waals surface area contributed by atoms with E-state index in [0.717, 1.165) is 26.2 Å². The first kappa shape index (κ1) is 14.9. The number of rotatable bonds is 8. The van der Waals surface area contributed by atoms with Crippen LogP contribution in [0.1, 0.15) is 26.7 Å². The molecule has 4 heteroatoms. The zero-order chi connectivity index (χ0) is 12.7. The van der Waals surface area contributed by atoms with Crippen LogP contribution in [-0.4, -0.2) is 63.5 Å². The Morgan fingerprint density at radius 3 is 2.65 bits per heavy atom. The van der Waals surface area contributed by atoms with Crippen LogP contribution in [0.15, 0.2) is 0 Å². The van der Waals surface area contributed by atoms with E-state index in [1.165, 1.54) is 12.8 Å². The van der Waals surface area contributed by atoms with Crippen molar-refractivity contribution in [3.63, 3.8) is 0 Å². The lowest BCUT2D eigenvalue weighted by atomic mass is 10.1. The highest BCUT2D eigenvalue weighted by atomic mass is 16.5. The minimum atomic E-state index is 0.396. The Bertz CT molecular complexity index is 200. The summed E-state index contributed by atoms with van der Waals surface area (Å²) in [6.07, 6.45) is 3.17. The fraction of sp³-hybridized carbons (Fsp3) is 1.00. The molecule has 0 radical (unpaired) electrons. The SMILES string of the molecule is CNCC1CCC(CN(CCOC)C(C)C)O1. The van der Waals surface area contributed by atoms with Crippen LogP contribution < -0.4 is 5.32 Å². The molecule has 2 unspecified atom stereocenters. The van der Waals surface area contributed by atoms with Gasteiger partial charge >= 0.3 is 0 Å². The highest BCUT2D eigenvalue weighted by Gasteiger charge is 2.26. The maximum atomic E-state index is 6.02. The summed E-state index contributed by atoms with van der Waals surface area (Å²) < 4.78 is 11.2. The average molecular weight is 244 g/mol. The molecule has 102 valence electrons. The molecule has 1 rings (SSSR count). The summed E-state index contributed by atoms with van der Waals surface area (Å²) >= 11 is 0. The molecule has 2 atom stereocenters. The van der Waals surface area contributed by atoms with Gasteiger partial charge in [0.25, 0.3) is 0 Å². The molecule has 0 amide bonds. The molecule has 0 spiro atoms. The zero-order valence-electron chi connectivity index (χ0n) is 11.7. The van der Waals surface area contributed by atoms with Crippen molar-refractivity contribution >= 4 is 0 Å². The van der Waals surface area contributed by atoms with Gasteiger partial charge in [-0.1, -0.05) is 0 Å². The standard InChI is InChI=1S/C13H28N2O2/c1-11(2)15(7-8-16-4)10-13-6-5-12(17-13)9-14-3/h11-14H,5-10H2,1-4H3. The maximum Gasteiger partial charge on any atom is 0.0707 e. The Labute approximate surface area is 106 Å². The first-order valence-electron chi connectivity index (χ1n) is 6.70. The molecule has 0 aromatic heterocycles. The number of hydrogen-bond acceptors (Lipinski definition) is 4. The smallest absolute Gasteiger partial charge is 0.0707 e. The highest BCUT2D eigenvalue weighted by molar-refractivity contribution is 4.78. The predicted molar refractivity (Wildman–Crippen MR) is 70.4 cm³/mol. The summed E-state index contributed by atoms with van der Waals surface area (Å²) in [6, 6.07) is 0.553. The van der Waals surface area contributed by atoms with E-state index in [0.29, 0.717) is 18.2 Å². The largest absolute Gasteiger partial charge is 0.383 e. The first-order chi connectivity index (χ1) is 8.17. The van der Waals surface area contributed by atoms with Crippen LogP contribution >= 0.6 is 0 Å². The van der Waals surface area contributed by atoms with Crippen LogP contribution in [-0.2, 0) is 9.47 Å². The predicted octanol–water partition coefficient (Wildman–Crippen LogP) is 1.11. The van der Waals surface area contributed by atoms with E-state index in [1.807, 2.05) is 7.05 Å². The number of likely N-dealkylation sites (N-methyl/N-ethyl adjacent to an activating group) is 1. The Balaban J connectivity index is 2.30. The fourth-order valence-corrected chi connectivity index (χ4v) is 2.32. The molecule has 1 heterocycles. The van der Waals surface area contributed by atoms with E-state index in [2.05, 4.69) is 24.1 Å². The monoisotopic (exact) mass is 244 g/mol. The number of nitrogens with one attached hydrogen (secondary N) is 1. The van der Waals surface area contributed by atoms with Crippen molar-refractivity contribution in [2.75, 3.05) is 40.4 Å². The lowest BCUT2D eigenvalue weighted by Gasteiger charge is -2.28. The van der Waals surface area contributed by atoms with Gasteiger partial charge in [-0.15, -0.1) is 0 Å². The molecule has 1 aliphatic heterocycles. The number of methoxy groups -OCH3 is 1. The molecule has 0 aliphatic carbocycles. The van der Waals surface area contributed by atoms with Crippen molar-refractivity contribution in [3.05, 3.63) is 0 Å². The molecule has 0 bridgehead atoms. The van der Waals surface area contributed by atoms with Gasteiger partial charge in [-0.25, -0.2) is 0 Å². The molecule has 4 nitrogen and oxygen atoms in total. The van der Waals surface area contributed by atoms with E-state index in [-0.39, 0.29) is 0 Å². The van der Waals surface area contributed by atoms with Gasteiger partial charge in [-0.05, 0) is 33.7 Å². The third-order valence-electron chi connectivity index (χ3n) is 3.38. The summed E-state index contributed by atoms with van der Waals surface area (Å²) in [5.74, 6) is 0. The molecule has 1 aliphatic rings. The van der Waals surface area contributed by atoms with E-state index in [9.17, 15) is 0 Å². The second-order valence-corrected chi connectivity index (χ2v) is 5.10. The van der Waals surface area contributed by atoms with Crippen LogP contribution in [0.4, 0.5) is 0 Å². The van der Waals surface area contributed by atoms with Crippen molar-refractivity contribution in [1.29, 1.82) is 0 Å². The Hall–Kier alpha value is -0.160. The van der Waals surface area contributed by atoms with Crippen molar-refractivity contribution in [3.8, 4) is 0 Å². The van der Waals surface area contributed by atoms with Crippen molar-refractivity contribution in [2.45, 2.75) is 44.9 Å². The van der Waals surface area contributed by atoms with Crippen molar-refractivity contribution in [1.82, 2.24) is 10.2 Å². The maximum absolute atomic E-state index is 6.02. The van der Waals surface area contributed by atoms with Gasteiger partial charge in [0.15, 0.2) is 0 Å². The first-order valence-corrected chi connectivity index (χ1v) is 6.70. The zero-order valence-corrected chi connectivity index (χ0v) is 11.7. The van der Waals surface area contributed by atoms with Crippen LogP contribution in [0.3, 0.4) is 0 Å². The molecule has 0 saturated carbocycles. The number of nitrogens with zero attached hydrogens (tertiary/aromatic N) is 1. The third kappa shape index (κ3) is 5.34. The molecule has 1 saturated heterocycles. The molecule has 1 N–H and O–H groups in total. The molecule has 17 heavy (non-hydrogen) atoms. The van der Waals surface area contributed by atoms with Crippen molar-refractivity contribution < 1.29 is 9.47 Å². The lowest BCUT2D eigenvalue weighted by molar-refractivity contribution is 0.0124. The Kier molecular flexibility index (Phi) is 7.04. The molecule has 0 aromatic rings. The Morgan fingerprint density at radius 1 is 1.35 bits per heavy atom. The molecule has 1 fully saturated rings. The van der Waals surface area contributed by atoms with E-state index < -0.39 is 0 Å². The van der Waals surface area contributed by atoms with Crippen LogP contribution in [0.5, 0.6) is 0 Å².